The minimum Gasteiger partial charge on any atom is -0.458 e. The summed E-state index contributed by atoms with van der Waals surface area (Å²) in [5.41, 5.74) is 1.67. The topological polar surface area (TPSA) is 26.3 Å². The van der Waals surface area contributed by atoms with Crippen LogP contribution in [0.1, 0.15) is 30.1 Å². The third kappa shape index (κ3) is 4.68. The molecule has 90 valence electrons. The zero-order valence-corrected chi connectivity index (χ0v) is 10.2. The number of benzene rings is 1. The summed E-state index contributed by atoms with van der Waals surface area (Å²) in [6, 6.07) is 9.02. The van der Waals surface area contributed by atoms with Gasteiger partial charge in [0.1, 0.15) is 6.61 Å². The van der Waals surface area contributed by atoms with Gasteiger partial charge in [0.25, 0.3) is 0 Å². The van der Waals surface area contributed by atoms with Crippen molar-refractivity contribution in [2.45, 2.75) is 19.8 Å². The molecular formula is C15H18O2. The van der Waals surface area contributed by atoms with Gasteiger partial charge in [-0.1, -0.05) is 50.3 Å². The van der Waals surface area contributed by atoms with E-state index in [0.29, 0.717) is 12.2 Å². The van der Waals surface area contributed by atoms with E-state index in [1.807, 2.05) is 24.3 Å². The summed E-state index contributed by atoms with van der Waals surface area (Å²) in [4.78, 5) is 11.7. The smallest absolute Gasteiger partial charge is 0.338 e. The molecule has 1 aromatic rings. The molecule has 2 nitrogen and oxygen atoms in total. The lowest BCUT2D eigenvalue weighted by Crippen LogP contribution is -2.07. The van der Waals surface area contributed by atoms with Gasteiger partial charge in [-0.15, -0.1) is 0 Å². The summed E-state index contributed by atoms with van der Waals surface area (Å²) in [5, 5.41) is 0. The molecule has 0 radical (unpaired) electrons. The summed E-state index contributed by atoms with van der Waals surface area (Å²) in [5.74, 6) is -0.281. The van der Waals surface area contributed by atoms with Crippen LogP contribution in [0.2, 0.25) is 0 Å². The predicted octanol–water partition coefficient (Wildman–Crippen LogP) is 3.76. The number of rotatable bonds is 6. The van der Waals surface area contributed by atoms with Gasteiger partial charge in [-0.25, -0.2) is 4.79 Å². The van der Waals surface area contributed by atoms with Crippen LogP contribution in [-0.4, -0.2) is 12.6 Å². The fourth-order valence-corrected chi connectivity index (χ4v) is 1.51. The number of ether oxygens (including phenoxy) is 1. The van der Waals surface area contributed by atoms with Gasteiger partial charge in [0.2, 0.25) is 0 Å². The third-order valence-corrected chi connectivity index (χ3v) is 2.32. The average molecular weight is 230 g/mol. The standard InChI is InChI=1S/C15H18O2/c1-3-8-13(9-4-2)12-17-15(16)14-10-6-5-7-11-14/h3,5-8,10-11H,1,4,9,12H2,2H3/b13-8-. The minimum absolute atomic E-state index is 0.281. The molecule has 0 spiro atoms. The Morgan fingerprint density at radius 2 is 2.06 bits per heavy atom. The first-order chi connectivity index (χ1) is 8.27. The molecule has 0 amide bonds. The van der Waals surface area contributed by atoms with E-state index in [4.69, 9.17) is 4.74 Å². The Morgan fingerprint density at radius 1 is 1.35 bits per heavy atom. The van der Waals surface area contributed by atoms with Gasteiger partial charge >= 0.3 is 5.97 Å². The SMILES string of the molecule is C=C/C=C(/CCC)COC(=O)c1ccccc1. The molecular weight excluding hydrogens is 212 g/mol. The fraction of sp³-hybridized carbons (Fsp3) is 0.267. The molecule has 2 heteroatoms. The molecule has 0 aliphatic carbocycles. The van der Waals surface area contributed by atoms with E-state index in [1.165, 1.54) is 0 Å². The van der Waals surface area contributed by atoms with Crippen molar-refractivity contribution in [1.29, 1.82) is 0 Å². The maximum Gasteiger partial charge on any atom is 0.338 e. The van der Waals surface area contributed by atoms with Crippen molar-refractivity contribution in [3.63, 3.8) is 0 Å². The third-order valence-electron chi connectivity index (χ3n) is 2.32. The lowest BCUT2D eigenvalue weighted by Gasteiger charge is -2.07. The largest absolute Gasteiger partial charge is 0.458 e. The van der Waals surface area contributed by atoms with Gasteiger partial charge in [-0.3, -0.25) is 0 Å². The molecule has 0 aliphatic rings. The predicted molar refractivity (Wildman–Crippen MR) is 69.9 cm³/mol. The van der Waals surface area contributed by atoms with Crippen molar-refractivity contribution < 1.29 is 9.53 Å². The second-order valence-electron chi connectivity index (χ2n) is 3.75. The first kappa shape index (κ1) is 13.2. The van der Waals surface area contributed by atoms with Gasteiger partial charge < -0.3 is 4.74 Å². The van der Waals surface area contributed by atoms with Crippen LogP contribution in [0, 0.1) is 0 Å². The van der Waals surface area contributed by atoms with Crippen LogP contribution in [0.5, 0.6) is 0 Å². The number of carbonyl (C=O) groups excluding carboxylic acids is 1. The first-order valence-corrected chi connectivity index (χ1v) is 5.80. The van der Waals surface area contributed by atoms with Crippen molar-refractivity contribution in [2.75, 3.05) is 6.61 Å². The normalized spacial score (nSPS) is 11.0. The Morgan fingerprint density at radius 3 is 2.65 bits per heavy atom. The van der Waals surface area contributed by atoms with Gasteiger partial charge in [0, 0.05) is 0 Å². The van der Waals surface area contributed by atoms with Crippen molar-refractivity contribution in [2.24, 2.45) is 0 Å². The highest BCUT2D eigenvalue weighted by Crippen LogP contribution is 2.08. The molecule has 0 saturated carbocycles. The van der Waals surface area contributed by atoms with E-state index in [-0.39, 0.29) is 5.97 Å². The number of hydrogen-bond acceptors (Lipinski definition) is 2. The fourth-order valence-electron chi connectivity index (χ4n) is 1.51. The number of allylic oxidation sites excluding steroid dienone is 2. The molecule has 0 aliphatic heterocycles. The first-order valence-electron chi connectivity index (χ1n) is 5.80. The molecule has 0 N–H and O–H groups in total. The summed E-state index contributed by atoms with van der Waals surface area (Å²) in [7, 11) is 0. The van der Waals surface area contributed by atoms with Crippen molar-refractivity contribution in [3.8, 4) is 0 Å². The Bertz CT molecular complexity index is 391. The highest BCUT2D eigenvalue weighted by Gasteiger charge is 2.06. The summed E-state index contributed by atoms with van der Waals surface area (Å²) >= 11 is 0. The Kier molecular flexibility index (Phi) is 5.80. The molecule has 0 saturated heterocycles. The van der Waals surface area contributed by atoms with Crippen LogP contribution in [0.3, 0.4) is 0 Å². The lowest BCUT2D eigenvalue weighted by atomic mass is 10.1. The van der Waals surface area contributed by atoms with Crippen molar-refractivity contribution in [3.05, 3.63) is 60.2 Å². The summed E-state index contributed by atoms with van der Waals surface area (Å²) < 4.78 is 5.24. The van der Waals surface area contributed by atoms with Gasteiger partial charge in [-0.2, -0.15) is 0 Å². The second kappa shape index (κ2) is 7.44. The number of carbonyl (C=O) groups is 1. The molecule has 1 aromatic carbocycles. The molecule has 0 aromatic heterocycles. The van der Waals surface area contributed by atoms with Gasteiger partial charge in [-0.05, 0) is 24.1 Å². The van der Waals surface area contributed by atoms with E-state index in [9.17, 15) is 4.79 Å². The number of hydrogen-bond donors (Lipinski definition) is 0. The van der Waals surface area contributed by atoms with Crippen LogP contribution in [0.15, 0.2) is 54.6 Å². The van der Waals surface area contributed by atoms with Crippen molar-refractivity contribution in [1.82, 2.24) is 0 Å². The van der Waals surface area contributed by atoms with Crippen LogP contribution in [-0.2, 0) is 4.74 Å². The Hall–Kier alpha value is -1.83. The zero-order valence-electron chi connectivity index (χ0n) is 10.2. The maximum atomic E-state index is 11.7. The van der Waals surface area contributed by atoms with Gasteiger partial charge in [0.05, 0.1) is 5.56 Å². The Labute approximate surface area is 103 Å². The lowest BCUT2D eigenvalue weighted by molar-refractivity contribution is 0.0537. The highest BCUT2D eigenvalue weighted by atomic mass is 16.5. The van der Waals surface area contributed by atoms with Crippen LogP contribution in [0.4, 0.5) is 0 Å². The molecule has 17 heavy (non-hydrogen) atoms. The van der Waals surface area contributed by atoms with E-state index in [2.05, 4.69) is 13.5 Å². The molecule has 0 bridgehead atoms. The molecule has 0 unspecified atom stereocenters. The van der Waals surface area contributed by atoms with E-state index < -0.39 is 0 Å². The van der Waals surface area contributed by atoms with E-state index >= 15 is 0 Å². The van der Waals surface area contributed by atoms with Crippen LogP contribution < -0.4 is 0 Å². The Balaban J connectivity index is 2.52. The summed E-state index contributed by atoms with van der Waals surface area (Å²) in [6.45, 7) is 6.09. The van der Waals surface area contributed by atoms with Gasteiger partial charge in [0.15, 0.2) is 0 Å². The number of esters is 1. The molecule has 0 atom stereocenters. The van der Waals surface area contributed by atoms with Crippen molar-refractivity contribution >= 4 is 5.97 Å². The van der Waals surface area contributed by atoms with E-state index in [1.54, 1.807) is 18.2 Å². The molecule has 0 fully saturated rings. The molecule has 1 rings (SSSR count). The average Bonchev–Trinajstić information content (AvgIpc) is 2.37. The van der Waals surface area contributed by atoms with Crippen LogP contribution >= 0.6 is 0 Å². The highest BCUT2D eigenvalue weighted by molar-refractivity contribution is 5.89. The molecule has 0 heterocycles. The summed E-state index contributed by atoms with van der Waals surface area (Å²) in [6.07, 6.45) is 5.58. The minimum atomic E-state index is -0.281. The second-order valence-corrected chi connectivity index (χ2v) is 3.75. The zero-order chi connectivity index (χ0) is 12.5. The van der Waals surface area contributed by atoms with E-state index in [0.717, 1.165) is 18.4 Å². The monoisotopic (exact) mass is 230 g/mol. The quantitative estimate of drug-likeness (QED) is 0.549. The van der Waals surface area contributed by atoms with Crippen LogP contribution in [0.25, 0.3) is 0 Å². The maximum absolute atomic E-state index is 11.7.